The normalized spacial score (nSPS) is 18.9. The van der Waals surface area contributed by atoms with E-state index in [1.165, 1.54) is 17.8 Å². The Balaban J connectivity index is 2.33. The molecule has 0 aliphatic carbocycles. The van der Waals surface area contributed by atoms with Crippen molar-refractivity contribution in [2.45, 2.75) is 33.1 Å². The molecule has 0 spiro atoms. The van der Waals surface area contributed by atoms with Crippen LogP contribution in [0.5, 0.6) is 0 Å². The maximum Gasteiger partial charge on any atom is 0.350 e. The Labute approximate surface area is 129 Å². The van der Waals surface area contributed by atoms with Gasteiger partial charge in [-0.1, -0.05) is 6.92 Å². The van der Waals surface area contributed by atoms with E-state index in [0.29, 0.717) is 23.0 Å². The number of anilines is 2. The summed E-state index contributed by atoms with van der Waals surface area (Å²) in [5.41, 5.74) is 6.65. The summed E-state index contributed by atoms with van der Waals surface area (Å²) in [6, 6.07) is 2.15. The zero-order chi connectivity index (χ0) is 15.4. The second kappa shape index (κ2) is 6.81. The topological polar surface area (TPSA) is 79.3 Å². The molecular formula is C15H21N3O2S. The highest BCUT2D eigenvalue weighted by Crippen LogP contribution is 2.39. The molecule has 114 valence electrons. The fourth-order valence-electron chi connectivity index (χ4n) is 2.58. The number of hydrogen-bond donors (Lipinski definition) is 1. The molecule has 2 heterocycles. The molecule has 1 aromatic heterocycles. The van der Waals surface area contributed by atoms with E-state index in [1.54, 1.807) is 6.92 Å². The maximum absolute atomic E-state index is 11.9. The Morgan fingerprint density at radius 2 is 2.29 bits per heavy atom. The van der Waals surface area contributed by atoms with Crippen LogP contribution in [0.3, 0.4) is 0 Å². The molecule has 2 rings (SSSR count). The van der Waals surface area contributed by atoms with Gasteiger partial charge in [0.2, 0.25) is 0 Å². The first-order valence-corrected chi connectivity index (χ1v) is 8.14. The standard InChI is InChI=1S/C15H21N3O2S/c1-3-20-15(19)13-12(17)11(9-16)14(21-13)18-7-4-5-10(2)6-8-18/h10H,3-8,17H2,1-2H3. The van der Waals surface area contributed by atoms with Crippen molar-refractivity contribution in [1.82, 2.24) is 0 Å². The number of nitrogens with two attached hydrogens (primary N) is 1. The molecule has 21 heavy (non-hydrogen) atoms. The van der Waals surface area contributed by atoms with E-state index in [1.807, 2.05) is 0 Å². The zero-order valence-electron chi connectivity index (χ0n) is 12.5. The van der Waals surface area contributed by atoms with Crippen LogP contribution in [0.25, 0.3) is 0 Å². The van der Waals surface area contributed by atoms with E-state index in [9.17, 15) is 10.1 Å². The number of nitrogens with zero attached hydrogens (tertiary/aromatic N) is 2. The van der Waals surface area contributed by atoms with Crippen LogP contribution in [0.2, 0.25) is 0 Å². The molecular weight excluding hydrogens is 286 g/mol. The molecule has 1 aliphatic heterocycles. The van der Waals surface area contributed by atoms with Crippen LogP contribution in [-0.4, -0.2) is 25.7 Å². The number of nitriles is 1. The highest BCUT2D eigenvalue weighted by atomic mass is 32.1. The van der Waals surface area contributed by atoms with Crippen molar-refractivity contribution in [1.29, 1.82) is 5.26 Å². The largest absolute Gasteiger partial charge is 0.462 e. The van der Waals surface area contributed by atoms with Crippen LogP contribution in [0.1, 0.15) is 48.3 Å². The van der Waals surface area contributed by atoms with Gasteiger partial charge in [0, 0.05) is 13.1 Å². The first kappa shape index (κ1) is 15.6. The third-order valence-corrected chi connectivity index (χ3v) is 5.05. The summed E-state index contributed by atoms with van der Waals surface area (Å²) in [5, 5.41) is 10.2. The van der Waals surface area contributed by atoms with Gasteiger partial charge in [-0.2, -0.15) is 5.26 Å². The minimum atomic E-state index is -0.439. The number of carbonyl (C=O) groups excluding carboxylic acids is 1. The Morgan fingerprint density at radius 3 is 2.95 bits per heavy atom. The first-order chi connectivity index (χ1) is 10.1. The van der Waals surface area contributed by atoms with Crippen LogP contribution in [-0.2, 0) is 4.74 Å². The third-order valence-electron chi connectivity index (χ3n) is 3.80. The third kappa shape index (κ3) is 3.30. The molecule has 1 aromatic rings. The lowest BCUT2D eigenvalue weighted by Crippen LogP contribution is -2.23. The van der Waals surface area contributed by atoms with Crippen LogP contribution < -0.4 is 10.6 Å². The summed E-state index contributed by atoms with van der Waals surface area (Å²) in [6.07, 6.45) is 3.39. The number of ether oxygens (including phenoxy) is 1. The highest BCUT2D eigenvalue weighted by molar-refractivity contribution is 7.18. The summed E-state index contributed by atoms with van der Waals surface area (Å²) >= 11 is 1.28. The second-order valence-corrected chi connectivity index (χ2v) is 6.38. The minimum absolute atomic E-state index is 0.258. The molecule has 1 saturated heterocycles. The maximum atomic E-state index is 11.9. The molecule has 1 aliphatic rings. The van der Waals surface area contributed by atoms with Crippen molar-refractivity contribution in [3.05, 3.63) is 10.4 Å². The number of hydrogen-bond acceptors (Lipinski definition) is 6. The summed E-state index contributed by atoms with van der Waals surface area (Å²) in [4.78, 5) is 14.5. The Kier molecular flexibility index (Phi) is 5.07. The van der Waals surface area contributed by atoms with Gasteiger partial charge in [-0.15, -0.1) is 11.3 Å². The first-order valence-electron chi connectivity index (χ1n) is 7.32. The molecule has 0 bridgehead atoms. The van der Waals surface area contributed by atoms with Gasteiger partial charge >= 0.3 is 5.97 Å². The Bertz CT molecular complexity index is 562. The smallest absolute Gasteiger partial charge is 0.350 e. The predicted octanol–water partition coefficient (Wildman–Crippen LogP) is 3.01. The summed E-state index contributed by atoms with van der Waals surface area (Å²) < 4.78 is 5.01. The van der Waals surface area contributed by atoms with Crippen LogP contribution in [0.4, 0.5) is 10.7 Å². The Morgan fingerprint density at radius 1 is 1.52 bits per heavy atom. The van der Waals surface area contributed by atoms with E-state index >= 15 is 0 Å². The molecule has 5 nitrogen and oxygen atoms in total. The minimum Gasteiger partial charge on any atom is -0.462 e. The van der Waals surface area contributed by atoms with E-state index in [4.69, 9.17) is 10.5 Å². The summed E-state index contributed by atoms with van der Waals surface area (Å²) in [5.74, 6) is 0.258. The van der Waals surface area contributed by atoms with Gasteiger partial charge in [0.25, 0.3) is 0 Å². The number of thiophene rings is 1. The van der Waals surface area contributed by atoms with Crippen LogP contribution in [0.15, 0.2) is 0 Å². The van der Waals surface area contributed by atoms with Crippen molar-refractivity contribution in [2.24, 2.45) is 5.92 Å². The van der Waals surface area contributed by atoms with Gasteiger partial charge < -0.3 is 15.4 Å². The van der Waals surface area contributed by atoms with Gasteiger partial charge in [-0.05, 0) is 32.1 Å². The average molecular weight is 307 g/mol. The lowest BCUT2D eigenvalue weighted by atomic mass is 10.0. The lowest BCUT2D eigenvalue weighted by Gasteiger charge is -2.21. The molecule has 6 heteroatoms. The average Bonchev–Trinajstić information content (AvgIpc) is 2.63. The molecule has 1 fully saturated rings. The second-order valence-electron chi connectivity index (χ2n) is 5.38. The van der Waals surface area contributed by atoms with Gasteiger partial charge in [0.1, 0.15) is 21.5 Å². The molecule has 0 aromatic carbocycles. The summed E-state index contributed by atoms with van der Waals surface area (Å²) in [7, 11) is 0. The van der Waals surface area contributed by atoms with Gasteiger partial charge in [-0.3, -0.25) is 0 Å². The molecule has 0 radical (unpaired) electrons. The molecule has 2 N–H and O–H groups in total. The Hall–Kier alpha value is -1.74. The van der Waals surface area contributed by atoms with Crippen molar-refractivity contribution < 1.29 is 9.53 Å². The van der Waals surface area contributed by atoms with E-state index < -0.39 is 5.97 Å². The fourth-order valence-corrected chi connectivity index (χ4v) is 3.69. The highest BCUT2D eigenvalue weighted by Gasteiger charge is 2.26. The lowest BCUT2D eigenvalue weighted by molar-refractivity contribution is 0.0533. The van der Waals surface area contributed by atoms with E-state index in [2.05, 4.69) is 17.9 Å². The van der Waals surface area contributed by atoms with Crippen LogP contribution in [0, 0.1) is 17.2 Å². The van der Waals surface area contributed by atoms with E-state index in [0.717, 1.165) is 30.9 Å². The van der Waals surface area contributed by atoms with Crippen LogP contribution >= 0.6 is 11.3 Å². The zero-order valence-corrected chi connectivity index (χ0v) is 13.3. The van der Waals surface area contributed by atoms with Crippen molar-refractivity contribution in [2.75, 3.05) is 30.3 Å². The number of esters is 1. The quantitative estimate of drug-likeness (QED) is 0.868. The molecule has 0 saturated carbocycles. The van der Waals surface area contributed by atoms with Crippen molar-refractivity contribution in [3.8, 4) is 6.07 Å². The number of rotatable bonds is 3. The number of carbonyl (C=O) groups is 1. The molecule has 1 atom stereocenters. The van der Waals surface area contributed by atoms with Crippen molar-refractivity contribution >= 4 is 28.0 Å². The predicted molar refractivity (Wildman–Crippen MR) is 84.6 cm³/mol. The van der Waals surface area contributed by atoms with Gasteiger partial charge in [0.05, 0.1) is 12.3 Å². The molecule has 1 unspecified atom stereocenters. The van der Waals surface area contributed by atoms with Gasteiger partial charge in [0.15, 0.2) is 0 Å². The monoisotopic (exact) mass is 307 g/mol. The van der Waals surface area contributed by atoms with E-state index in [-0.39, 0.29) is 5.69 Å². The van der Waals surface area contributed by atoms with Gasteiger partial charge in [-0.25, -0.2) is 4.79 Å². The number of nitrogen functional groups attached to an aromatic ring is 1. The summed E-state index contributed by atoms with van der Waals surface area (Å²) in [6.45, 7) is 6.11. The SMILES string of the molecule is CCOC(=O)c1sc(N2CCCC(C)CC2)c(C#N)c1N. The fraction of sp³-hybridized carbons (Fsp3) is 0.600. The molecule has 0 amide bonds. The van der Waals surface area contributed by atoms with Crippen molar-refractivity contribution in [3.63, 3.8) is 0 Å².